The summed E-state index contributed by atoms with van der Waals surface area (Å²) < 4.78 is 0. The smallest absolute Gasteiger partial charge is 0.137 e. The first-order chi connectivity index (χ1) is 8.49. The fourth-order valence-electron chi connectivity index (χ4n) is 2.54. The molecule has 1 aromatic heterocycles. The van der Waals surface area contributed by atoms with Gasteiger partial charge >= 0.3 is 0 Å². The van der Waals surface area contributed by atoms with Gasteiger partial charge in [-0.1, -0.05) is 0 Å². The van der Waals surface area contributed by atoms with Crippen molar-refractivity contribution in [3.63, 3.8) is 0 Å². The minimum Gasteiger partial charge on any atom is -0.393 e. The minimum atomic E-state index is -0.217. The molecule has 0 amide bonds. The van der Waals surface area contributed by atoms with E-state index in [1.54, 1.807) is 0 Å². The van der Waals surface area contributed by atoms with Crippen molar-refractivity contribution >= 4 is 11.6 Å². The lowest BCUT2D eigenvalue weighted by atomic mass is 9.92. The topological polar surface area (TPSA) is 75.3 Å². The van der Waals surface area contributed by atoms with E-state index in [0.717, 1.165) is 37.3 Å². The highest BCUT2D eigenvalue weighted by atomic mass is 16.3. The van der Waals surface area contributed by atoms with Crippen LogP contribution in [0, 0.1) is 19.8 Å². The van der Waals surface area contributed by atoms with Crippen molar-refractivity contribution in [3.8, 4) is 0 Å². The molecule has 1 aliphatic rings. The van der Waals surface area contributed by atoms with Crippen molar-refractivity contribution in [1.82, 2.24) is 9.97 Å². The van der Waals surface area contributed by atoms with E-state index >= 15 is 0 Å². The van der Waals surface area contributed by atoms with E-state index in [0.29, 0.717) is 17.6 Å². The van der Waals surface area contributed by atoms with Gasteiger partial charge in [0.15, 0.2) is 0 Å². The van der Waals surface area contributed by atoms with Crippen LogP contribution < -0.4 is 10.6 Å². The molecular formula is C13H22N4O. The van der Waals surface area contributed by atoms with Gasteiger partial charge < -0.3 is 15.7 Å². The van der Waals surface area contributed by atoms with Crippen molar-refractivity contribution in [3.05, 3.63) is 11.4 Å². The molecule has 18 heavy (non-hydrogen) atoms. The second-order valence-electron chi connectivity index (χ2n) is 5.17. The summed E-state index contributed by atoms with van der Waals surface area (Å²) in [5, 5.41) is 9.61. The van der Waals surface area contributed by atoms with Gasteiger partial charge in [-0.15, -0.1) is 0 Å². The fraction of sp³-hybridized carbons (Fsp3) is 0.692. The Morgan fingerprint density at radius 2 is 1.89 bits per heavy atom. The predicted molar refractivity (Wildman–Crippen MR) is 72.5 cm³/mol. The van der Waals surface area contributed by atoms with Crippen LogP contribution in [-0.4, -0.2) is 34.3 Å². The molecule has 0 radical (unpaired) electrons. The first-order valence-corrected chi connectivity index (χ1v) is 6.52. The number of aliphatic hydroxyl groups is 1. The van der Waals surface area contributed by atoms with E-state index in [-0.39, 0.29) is 6.10 Å². The quantitative estimate of drug-likeness (QED) is 0.827. The molecule has 100 valence electrons. The highest BCUT2D eigenvalue weighted by Gasteiger charge is 2.24. The fourth-order valence-corrected chi connectivity index (χ4v) is 2.54. The van der Waals surface area contributed by atoms with E-state index in [9.17, 15) is 5.11 Å². The molecule has 0 saturated carbocycles. The second-order valence-corrected chi connectivity index (χ2v) is 5.17. The Bertz CT molecular complexity index is 425. The Kier molecular flexibility index (Phi) is 3.71. The van der Waals surface area contributed by atoms with Gasteiger partial charge in [-0.05, 0) is 39.5 Å². The molecule has 1 atom stereocenters. The maximum Gasteiger partial charge on any atom is 0.137 e. The molecule has 0 aliphatic carbocycles. The summed E-state index contributed by atoms with van der Waals surface area (Å²) >= 11 is 0. The number of rotatable bonds is 2. The molecule has 0 aromatic carbocycles. The van der Waals surface area contributed by atoms with Gasteiger partial charge in [0.25, 0.3) is 0 Å². The highest BCUT2D eigenvalue weighted by Crippen LogP contribution is 2.27. The number of aliphatic hydroxyl groups excluding tert-OH is 1. The minimum absolute atomic E-state index is 0.217. The Labute approximate surface area is 108 Å². The van der Waals surface area contributed by atoms with E-state index in [1.165, 1.54) is 0 Å². The number of anilines is 2. The second kappa shape index (κ2) is 5.10. The molecule has 1 fully saturated rings. The Balaban J connectivity index is 2.15. The summed E-state index contributed by atoms with van der Waals surface area (Å²) in [6, 6.07) is 0. The van der Waals surface area contributed by atoms with Crippen LogP contribution in [-0.2, 0) is 0 Å². The van der Waals surface area contributed by atoms with Crippen molar-refractivity contribution in [1.29, 1.82) is 0 Å². The number of aryl methyl sites for hydroxylation is 1. The van der Waals surface area contributed by atoms with Gasteiger partial charge in [0.1, 0.15) is 17.5 Å². The molecule has 2 heterocycles. The van der Waals surface area contributed by atoms with E-state index in [1.807, 2.05) is 20.8 Å². The molecule has 1 aliphatic heterocycles. The zero-order valence-electron chi connectivity index (χ0n) is 11.3. The first-order valence-electron chi connectivity index (χ1n) is 6.52. The van der Waals surface area contributed by atoms with Crippen LogP contribution >= 0.6 is 0 Å². The number of hydrogen-bond acceptors (Lipinski definition) is 5. The summed E-state index contributed by atoms with van der Waals surface area (Å²) in [4.78, 5) is 10.9. The number of piperidine rings is 1. The highest BCUT2D eigenvalue weighted by molar-refractivity contribution is 5.56. The van der Waals surface area contributed by atoms with Gasteiger partial charge in [0, 0.05) is 18.7 Å². The SMILES string of the molecule is Cc1nc(N)c(C)c(N2CCC(C(C)O)CC2)n1. The Morgan fingerprint density at radius 1 is 1.28 bits per heavy atom. The molecule has 2 rings (SSSR count). The van der Waals surface area contributed by atoms with Crippen LogP contribution in [0.2, 0.25) is 0 Å². The van der Waals surface area contributed by atoms with Crippen LogP contribution in [0.5, 0.6) is 0 Å². The zero-order valence-corrected chi connectivity index (χ0v) is 11.3. The number of nitrogens with zero attached hydrogens (tertiary/aromatic N) is 3. The van der Waals surface area contributed by atoms with Gasteiger partial charge in [0.2, 0.25) is 0 Å². The maximum atomic E-state index is 9.61. The average Bonchev–Trinajstić information content (AvgIpc) is 2.34. The standard InChI is InChI=1S/C13H22N4O/c1-8-12(14)15-10(3)16-13(8)17-6-4-11(5-7-17)9(2)18/h9,11,18H,4-7H2,1-3H3,(H2,14,15,16). The van der Waals surface area contributed by atoms with Crippen LogP contribution in [0.4, 0.5) is 11.6 Å². The van der Waals surface area contributed by atoms with Gasteiger partial charge in [0.05, 0.1) is 6.10 Å². The van der Waals surface area contributed by atoms with E-state index in [4.69, 9.17) is 5.73 Å². The third-order valence-electron chi connectivity index (χ3n) is 3.79. The van der Waals surface area contributed by atoms with E-state index in [2.05, 4.69) is 14.9 Å². The lowest BCUT2D eigenvalue weighted by molar-refractivity contribution is 0.109. The molecule has 0 bridgehead atoms. The molecule has 3 N–H and O–H groups in total. The molecule has 0 spiro atoms. The molecular weight excluding hydrogens is 228 g/mol. The van der Waals surface area contributed by atoms with Crippen LogP contribution in [0.25, 0.3) is 0 Å². The Hall–Kier alpha value is -1.36. The average molecular weight is 250 g/mol. The summed E-state index contributed by atoms with van der Waals surface area (Å²) in [5.41, 5.74) is 6.84. The Morgan fingerprint density at radius 3 is 2.44 bits per heavy atom. The first kappa shape index (κ1) is 13.1. The molecule has 1 saturated heterocycles. The molecule has 1 aromatic rings. The summed E-state index contributed by atoms with van der Waals surface area (Å²) in [5.74, 6) is 2.63. The van der Waals surface area contributed by atoms with Crippen LogP contribution in [0.15, 0.2) is 0 Å². The number of aromatic nitrogens is 2. The maximum absolute atomic E-state index is 9.61. The summed E-state index contributed by atoms with van der Waals surface area (Å²) in [7, 11) is 0. The zero-order chi connectivity index (χ0) is 13.3. The van der Waals surface area contributed by atoms with Gasteiger partial charge in [-0.25, -0.2) is 9.97 Å². The third kappa shape index (κ3) is 2.56. The number of nitrogens with two attached hydrogens (primary N) is 1. The van der Waals surface area contributed by atoms with Crippen molar-refractivity contribution in [2.45, 2.75) is 39.7 Å². The molecule has 1 unspecified atom stereocenters. The van der Waals surface area contributed by atoms with Crippen molar-refractivity contribution in [2.75, 3.05) is 23.7 Å². The summed E-state index contributed by atoms with van der Waals surface area (Å²) in [6.07, 6.45) is 1.78. The monoisotopic (exact) mass is 250 g/mol. The van der Waals surface area contributed by atoms with Crippen molar-refractivity contribution in [2.24, 2.45) is 5.92 Å². The largest absolute Gasteiger partial charge is 0.393 e. The molecule has 5 heteroatoms. The number of nitrogen functional groups attached to an aromatic ring is 1. The van der Waals surface area contributed by atoms with Gasteiger partial charge in [-0.2, -0.15) is 0 Å². The van der Waals surface area contributed by atoms with Crippen LogP contribution in [0.1, 0.15) is 31.2 Å². The van der Waals surface area contributed by atoms with Crippen LogP contribution in [0.3, 0.4) is 0 Å². The molecule has 5 nitrogen and oxygen atoms in total. The number of hydrogen-bond donors (Lipinski definition) is 2. The van der Waals surface area contributed by atoms with E-state index < -0.39 is 0 Å². The van der Waals surface area contributed by atoms with Crippen molar-refractivity contribution < 1.29 is 5.11 Å². The van der Waals surface area contributed by atoms with Gasteiger partial charge in [-0.3, -0.25) is 0 Å². The predicted octanol–water partition coefficient (Wildman–Crippen LogP) is 1.27. The third-order valence-corrected chi connectivity index (χ3v) is 3.79. The summed E-state index contributed by atoms with van der Waals surface area (Å²) in [6.45, 7) is 7.55. The normalized spacial score (nSPS) is 19.0. The lowest BCUT2D eigenvalue weighted by Crippen LogP contribution is -2.38. The lowest BCUT2D eigenvalue weighted by Gasteiger charge is -2.34.